The maximum Gasteiger partial charge on any atom is 0.256 e. The van der Waals surface area contributed by atoms with Crippen LogP contribution in [0.25, 0.3) is 11.4 Å². The summed E-state index contributed by atoms with van der Waals surface area (Å²) in [6.07, 6.45) is 4.74. The van der Waals surface area contributed by atoms with Crippen LogP contribution >= 0.6 is 0 Å². The molecule has 0 aliphatic rings. The van der Waals surface area contributed by atoms with E-state index in [4.69, 9.17) is 0 Å². The molecule has 0 aliphatic heterocycles. The molecule has 0 fully saturated rings. The molecule has 0 aliphatic carbocycles. The number of amides is 1. The second kappa shape index (κ2) is 6.64. The van der Waals surface area contributed by atoms with Crippen molar-refractivity contribution in [1.82, 2.24) is 24.5 Å². The number of rotatable bonds is 4. The normalized spacial score (nSPS) is 10.7. The van der Waals surface area contributed by atoms with Crippen LogP contribution in [0, 0.1) is 6.92 Å². The van der Waals surface area contributed by atoms with E-state index in [9.17, 15) is 4.79 Å². The van der Waals surface area contributed by atoms with Gasteiger partial charge in [0.1, 0.15) is 18.5 Å². The summed E-state index contributed by atoms with van der Waals surface area (Å²) in [5.74, 6) is 0.412. The fourth-order valence-corrected chi connectivity index (χ4v) is 2.69. The minimum absolute atomic E-state index is 0.203. The molecule has 0 radical (unpaired) electrons. The van der Waals surface area contributed by atoms with Gasteiger partial charge in [-0.25, -0.2) is 14.3 Å². The number of aromatic nitrogens is 5. The predicted octanol–water partition coefficient (Wildman–Crippen LogP) is 3.01. The first-order chi connectivity index (χ1) is 12.7. The van der Waals surface area contributed by atoms with Crippen LogP contribution in [-0.2, 0) is 0 Å². The van der Waals surface area contributed by atoms with E-state index in [1.807, 2.05) is 43.3 Å². The molecule has 4 rings (SSSR count). The van der Waals surface area contributed by atoms with E-state index in [0.29, 0.717) is 11.4 Å². The standard InChI is InChI=1S/C19H16N6O/c1-14-4-2-3-5-17(14)25-18(10-11-21-25)23-19(26)15-6-8-16(9-7-15)24-13-20-12-22-24/h2-13H,1H3,(H,23,26). The molecule has 7 nitrogen and oxygen atoms in total. The van der Waals surface area contributed by atoms with Crippen molar-refractivity contribution >= 4 is 11.7 Å². The Morgan fingerprint density at radius 2 is 1.81 bits per heavy atom. The predicted molar refractivity (Wildman–Crippen MR) is 97.6 cm³/mol. The van der Waals surface area contributed by atoms with Crippen molar-refractivity contribution in [3.05, 3.63) is 84.6 Å². The Kier molecular flexibility index (Phi) is 4.03. The van der Waals surface area contributed by atoms with Gasteiger partial charge < -0.3 is 5.32 Å². The summed E-state index contributed by atoms with van der Waals surface area (Å²) < 4.78 is 3.35. The van der Waals surface area contributed by atoms with Gasteiger partial charge in [0.2, 0.25) is 0 Å². The molecular weight excluding hydrogens is 328 g/mol. The number of aryl methyl sites for hydroxylation is 1. The van der Waals surface area contributed by atoms with Crippen LogP contribution in [0.4, 0.5) is 5.82 Å². The Morgan fingerprint density at radius 3 is 2.54 bits per heavy atom. The number of nitrogens with zero attached hydrogens (tertiary/aromatic N) is 5. The maximum absolute atomic E-state index is 12.6. The third-order valence-electron chi connectivity index (χ3n) is 4.04. The van der Waals surface area contributed by atoms with Crippen molar-refractivity contribution < 1.29 is 4.79 Å². The Morgan fingerprint density at radius 1 is 1.00 bits per heavy atom. The number of benzene rings is 2. The Balaban J connectivity index is 1.56. The zero-order chi connectivity index (χ0) is 17.9. The molecule has 0 atom stereocenters. The second-order valence-corrected chi connectivity index (χ2v) is 5.76. The second-order valence-electron chi connectivity index (χ2n) is 5.76. The maximum atomic E-state index is 12.6. The quantitative estimate of drug-likeness (QED) is 0.617. The molecule has 2 heterocycles. The fraction of sp³-hybridized carbons (Fsp3) is 0.0526. The van der Waals surface area contributed by atoms with Crippen molar-refractivity contribution in [2.24, 2.45) is 0 Å². The summed E-state index contributed by atoms with van der Waals surface area (Å²) >= 11 is 0. The molecule has 0 saturated heterocycles. The lowest BCUT2D eigenvalue weighted by molar-refractivity contribution is 0.102. The lowest BCUT2D eigenvalue weighted by atomic mass is 10.2. The Hall–Kier alpha value is -3.74. The van der Waals surface area contributed by atoms with E-state index in [2.05, 4.69) is 20.5 Å². The number of nitrogens with one attached hydrogen (secondary N) is 1. The average Bonchev–Trinajstić information content (AvgIpc) is 3.34. The highest BCUT2D eigenvalue weighted by molar-refractivity contribution is 6.04. The number of carbonyl (C=O) groups is 1. The van der Waals surface area contributed by atoms with E-state index < -0.39 is 0 Å². The number of para-hydroxylation sites is 1. The number of carbonyl (C=O) groups excluding carboxylic acids is 1. The number of anilines is 1. The molecule has 7 heteroatoms. The van der Waals surface area contributed by atoms with Crippen LogP contribution in [0.15, 0.2) is 73.4 Å². The highest BCUT2D eigenvalue weighted by atomic mass is 16.1. The fourth-order valence-electron chi connectivity index (χ4n) is 2.69. The van der Waals surface area contributed by atoms with Gasteiger partial charge in [-0.2, -0.15) is 10.2 Å². The first kappa shape index (κ1) is 15.8. The number of hydrogen-bond acceptors (Lipinski definition) is 4. The molecule has 0 unspecified atom stereocenters. The van der Waals surface area contributed by atoms with Gasteiger partial charge in [0.05, 0.1) is 17.6 Å². The molecule has 0 spiro atoms. The van der Waals surface area contributed by atoms with Crippen LogP contribution in [-0.4, -0.2) is 30.5 Å². The highest BCUT2D eigenvalue weighted by Crippen LogP contribution is 2.19. The SMILES string of the molecule is Cc1ccccc1-n1nccc1NC(=O)c1ccc(-n2cncn2)cc1. The Bertz CT molecular complexity index is 1030. The summed E-state index contributed by atoms with van der Waals surface area (Å²) in [6, 6.07) is 16.8. The molecule has 1 amide bonds. The van der Waals surface area contributed by atoms with Crippen LogP contribution in [0.3, 0.4) is 0 Å². The van der Waals surface area contributed by atoms with Crippen LogP contribution < -0.4 is 5.32 Å². The molecule has 2 aromatic carbocycles. The Labute approximate surface area is 149 Å². The molecule has 2 aromatic heterocycles. The monoisotopic (exact) mass is 344 g/mol. The van der Waals surface area contributed by atoms with Gasteiger partial charge in [-0.1, -0.05) is 18.2 Å². The summed E-state index contributed by atoms with van der Waals surface area (Å²) in [7, 11) is 0. The van der Waals surface area contributed by atoms with Crippen molar-refractivity contribution in [2.45, 2.75) is 6.92 Å². The summed E-state index contributed by atoms with van der Waals surface area (Å²) in [4.78, 5) is 16.5. The van der Waals surface area contributed by atoms with Crippen molar-refractivity contribution in [3.63, 3.8) is 0 Å². The first-order valence-electron chi connectivity index (χ1n) is 8.09. The first-order valence-corrected chi connectivity index (χ1v) is 8.09. The topological polar surface area (TPSA) is 77.6 Å². The number of hydrogen-bond donors (Lipinski definition) is 1. The van der Waals surface area contributed by atoms with E-state index >= 15 is 0 Å². The smallest absolute Gasteiger partial charge is 0.256 e. The minimum Gasteiger partial charge on any atom is -0.306 e. The zero-order valence-electron chi connectivity index (χ0n) is 14.1. The van der Waals surface area contributed by atoms with Crippen molar-refractivity contribution in [2.75, 3.05) is 5.32 Å². The van der Waals surface area contributed by atoms with E-state index in [0.717, 1.165) is 16.9 Å². The molecule has 26 heavy (non-hydrogen) atoms. The molecule has 128 valence electrons. The van der Waals surface area contributed by atoms with Gasteiger partial charge in [-0.05, 0) is 42.8 Å². The van der Waals surface area contributed by atoms with Gasteiger partial charge in [0.15, 0.2) is 0 Å². The van der Waals surface area contributed by atoms with Gasteiger partial charge in [-0.3, -0.25) is 4.79 Å². The van der Waals surface area contributed by atoms with E-state index in [-0.39, 0.29) is 5.91 Å². The van der Waals surface area contributed by atoms with Crippen LogP contribution in [0.2, 0.25) is 0 Å². The molecule has 0 bridgehead atoms. The largest absolute Gasteiger partial charge is 0.306 e. The molecular formula is C19H16N6O. The lowest BCUT2D eigenvalue weighted by Crippen LogP contribution is -2.15. The lowest BCUT2D eigenvalue weighted by Gasteiger charge is -2.11. The average molecular weight is 344 g/mol. The van der Waals surface area contributed by atoms with Gasteiger partial charge in [0, 0.05) is 11.6 Å². The van der Waals surface area contributed by atoms with E-state index in [1.54, 1.807) is 40.1 Å². The van der Waals surface area contributed by atoms with Gasteiger partial charge >= 0.3 is 0 Å². The minimum atomic E-state index is -0.203. The van der Waals surface area contributed by atoms with Gasteiger partial charge in [0.25, 0.3) is 5.91 Å². The molecule has 4 aromatic rings. The van der Waals surface area contributed by atoms with Crippen LogP contribution in [0.1, 0.15) is 15.9 Å². The van der Waals surface area contributed by atoms with Gasteiger partial charge in [-0.15, -0.1) is 0 Å². The molecule has 1 N–H and O–H groups in total. The van der Waals surface area contributed by atoms with Crippen molar-refractivity contribution in [3.8, 4) is 11.4 Å². The van der Waals surface area contributed by atoms with Crippen LogP contribution in [0.5, 0.6) is 0 Å². The summed E-state index contributed by atoms with van der Waals surface area (Å²) in [6.45, 7) is 2.01. The summed E-state index contributed by atoms with van der Waals surface area (Å²) in [5, 5.41) is 11.3. The third kappa shape index (κ3) is 2.98. The highest BCUT2D eigenvalue weighted by Gasteiger charge is 2.12. The van der Waals surface area contributed by atoms with E-state index in [1.165, 1.54) is 6.33 Å². The zero-order valence-corrected chi connectivity index (χ0v) is 14.1. The van der Waals surface area contributed by atoms with Crippen molar-refractivity contribution in [1.29, 1.82) is 0 Å². The molecule has 0 saturated carbocycles. The third-order valence-corrected chi connectivity index (χ3v) is 4.04. The summed E-state index contributed by atoms with van der Waals surface area (Å²) in [5.41, 5.74) is 3.38.